The van der Waals surface area contributed by atoms with Gasteiger partial charge in [-0.05, 0) is 17.7 Å². The number of nitrogens with two attached hydrogens (primary N) is 1. The molecule has 4 nitrogen and oxygen atoms in total. The first-order chi connectivity index (χ1) is 9.12. The van der Waals surface area contributed by atoms with Crippen LogP contribution in [0.2, 0.25) is 0 Å². The molecule has 102 valence electrons. The summed E-state index contributed by atoms with van der Waals surface area (Å²) in [5.41, 5.74) is 8.44. The lowest BCUT2D eigenvalue weighted by Gasteiger charge is -2.59. The Kier molecular flexibility index (Phi) is 2.35. The molecule has 0 radical (unpaired) electrons. The van der Waals surface area contributed by atoms with Crippen molar-refractivity contribution in [3.05, 3.63) is 30.1 Å². The molecule has 4 aliphatic heterocycles. The van der Waals surface area contributed by atoms with E-state index < -0.39 is 0 Å². The van der Waals surface area contributed by atoms with Crippen molar-refractivity contribution in [1.82, 2.24) is 14.8 Å². The Labute approximate surface area is 114 Å². The Morgan fingerprint density at radius 1 is 1.11 bits per heavy atom. The molecule has 0 amide bonds. The molecule has 2 N–H and O–H groups in total. The number of fused-ring (bicyclic) bond motifs is 1. The smallest absolute Gasteiger partial charge is 0.0365 e. The third-order valence-electron chi connectivity index (χ3n) is 5.51. The van der Waals surface area contributed by atoms with Crippen LogP contribution in [0.3, 0.4) is 0 Å². The zero-order chi connectivity index (χ0) is 13.1. The highest BCUT2D eigenvalue weighted by Crippen LogP contribution is 2.47. The van der Waals surface area contributed by atoms with Crippen LogP contribution in [0.15, 0.2) is 24.5 Å². The van der Waals surface area contributed by atoms with E-state index in [2.05, 4.69) is 33.8 Å². The van der Waals surface area contributed by atoms with Crippen molar-refractivity contribution in [2.45, 2.75) is 18.4 Å². The summed E-state index contributed by atoms with van der Waals surface area (Å²) in [6, 6.07) is 4.57. The van der Waals surface area contributed by atoms with Gasteiger partial charge in [0, 0.05) is 68.5 Å². The predicted octanol–water partition coefficient (Wildman–Crippen LogP) is 0.298. The van der Waals surface area contributed by atoms with Crippen LogP contribution in [0.25, 0.3) is 0 Å². The molecule has 0 spiro atoms. The first kappa shape index (κ1) is 11.8. The van der Waals surface area contributed by atoms with Crippen LogP contribution in [0, 0.1) is 5.41 Å². The maximum Gasteiger partial charge on any atom is 0.0365 e. The zero-order valence-electron chi connectivity index (χ0n) is 11.5. The summed E-state index contributed by atoms with van der Waals surface area (Å²) < 4.78 is 0. The molecule has 4 fully saturated rings. The lowest BCUT2D eigenvalue weighted by molar-refractivity contribution is -0.0264. The summed E-state index contributed by atoms with van der Waals surface area (Å²) in [4.78, 5) is 9.41. The van der Waals surface area contributed by atoms with Crippen LogP contribution in [0.4, 0.5) is 0 Å². The van der Waals surface area contributed by atoms with Gasteiger partial charge in [-0.2, -0.15) is 0 Å². The fraction of sp³-hybridized carbons (Fsp3) is 0.667. The van der Waals surface area contributed by atoms with E-state index in [9.17, 15) is 0 Å². The molecule has 1 aromatic rings. The van der Waals surface area contributed by atoms with E-state index in [1.165, 1.54) is 18.7 Å². The third-order valence-corrected chi connectivity index (χ3v) is 5.51. The van der Waals surface area contributed by atoms with E-state index in [1.54, 1.807) is 0 Å². The summed E-state index contributed by atoms with van der Waals surface area (Å²) in [6.07, 6.45) is 3.81. The second-order valence-corrected chi connectivity index (χ2v) is 6.95. The molecular formula is C15H22N4. The minimum absolute atomic E-state index is 0.0880. The molecule has 3 atom stereocenters. The second-order valence-electron chi connectivity index (χ2n) is 6.95. The Balaban J connectivity index is 1.87. The van der Waals surface area contributed by atoms with Crippen LogP contribution in [-0.2, 0) is 5.41 Å². The molecule has 0 saturated carbocycles. The summed E-state index contributed by atoms with van der Waals surface area (Å²) in [5.74, 6) is 0. The number of piperidine rings is 2. The number of hydrogen-bond donors (Lipinski definition) is 1. The van der Waals surface area contributed by atoms with Gasteiger partial charge in [-0.25, -0.2) is 0 Å². The van der Waals surface area contributed by atoms with Gasteiger partial charge < -0.3 is 15.5 Å². The molecule has 19 heavy (non-hydrogen) atoms. The number of aromatic nitrogens is 1. The van der Waals surface area contributed by atoms with Crippen molar-refractivity contribution in [2.24, 2.45) is 11.1 Å². The lowest BCUT2D eigenvalue weighted by Crippen LogP contribution is -2.73. The van der Waals surface area contributed by atoms with Gasteiger partial charge in [0.15, 0.2) is 0 Å². The Morgan fingerprint density at radius 3 is 2.26 bits per heavy atom. The van der Waals surface area contributed by atoms with E-state index in [-0.39, 0.29) is 16.9 Å². The molecule has 5 rings (SSSR count). The average molecular weight is 258 g/mol. The largest absolute Gasteiger partial charge is 0.326 e. The molecule has 4 saturated heterocycles. The SMILES string of the molecule is CC12CN3CCN(C1)CC(c1ccncc1)(C3)C2N. The molecule has 4 heteroatoms. The third kappa shape index (κ3) is 1.54. The van der Waals surface area contributed by atoms with Crippen molar-refractivity contribution in [1.29, 1.82) is 0 Å². The molecule has 0 aromatic carbocycles. The molecule has 5 heterocycles. The van der Waals surface area contributed by atoms with Gasteiger partial charge in [-0.15, -0.1) is 0 Å². The molecule has 3 unspecified atom stereocenters. The van der Waals surface area contributed by atoms with Gasteiger partial charge in [0.05, 0.1) is 0 Å². The van der Waals surface area contributed by atoms with Crippen LogP contribution >= 0.6 is 0 Å². The van der Waals surface area contributed by atoms with Crippen molar-refractivity contribution in [3.63, 3.8) is 0 Å². The fourth-order valence-corrected chi connectivity index (χ4v) is 4.74. The second kappa shape index (κ2) is 3.78. The van der Waals surface area contributed by atoms with Crippen molar-refractivity contribution >= 4 is 0 Å². The van der Waals surface area contributed by atoms with E-state index in [0.29, 0.717) is 0 Å². The summed E-state index contributed by atoms with van der Waals surface area (Å²) in [5, 5.41) is 0. The predicted molar refractivity (Wildman–Crippen MR) is 74.9 cm³/mol. The van der Waals surface area contributed by atoms with Gasteiger partial charge in [-0.3, -0.25) is 4.98 Å². The van der Waals surface area contributed by atoms with E-state index in [4.69, 9.17) is 5.73 Å². The van der Waals surface area contributed by atoms with Gasteiger partial charge in [0.1, 0.15) is 0 Å². The standard InChI is InChI=1S/C15H22N4/c1-14-8-18-6-7-19(9-14)11-15(10-18,13(14)16)12-2-4-17-5-3-12/h2-5,13H,6-11,16H2,1H3. The molecule has 4 aliphatic rings. The minimum atomic E-state index is 0.0880. The van der Waals surface area contributed by atoms with Crippen LogP contribution in [-0.4, -0.2) is 60.1 Å². The number of nitrogens with zero attached hydrogens (tertiary/aromatic N) is 3. The van der Waals surface area contributed by atoms with Gasteiger partial charge >= 0.3 is 0 Å². The number of hydrogen-bond acceptors (Lipinski definition) is 4. The maximum atomic E-state index is 6.76. The average Bonchev–Trinajstić information content (AvgIpc) is 2.64. The molecular weight excluding hydrogens is 236 g/mol. The maximum absolute atomic E-state index is 6.76. The van der Waals surface area contributed by atoms with Crippen LogP contribution in [0.1, 0.15) is 12.5 Å². The lowest BCUT2D eigenvalue weighted by atomic mass is 9.59. The summed E-state index contributed by atoms with van der Waals surface area (Å²) in [7, 11) is 0. The minimum Gasteiger partial charge on any atom is -0.326 e. The highest BCUT2D eigenvalue weighted by Gasteiger charge is 2.58. The fourth-order valence-electron chi connectivity index (χ4n) is 4.74. The monoisotopic (exact) mass is 258 g/mol. The van der Waals surface area contributed by atoms with Gasteiger partial charge in [0.2, 0.25) is 0 Å². The summed E-state index contributed by atoms with van der Waals surface area (Å²) >= 11 is 0. The normalized spacial score (nSPS) is 48.2. The number of pyridine rings is 1. The Hall–Kier alpha value is -0.970. The summed E-state index contributed by atoms with van der Waals surface area (Å²) in [6.45, 7) is 9.26. The van der Waals surface area contributed by atoms with E-state index >= 15 is 0 Å². The van der Waals surface area contributed by atoms with Crippen molar-refractivity contribution in [2.75, 3.05) is 39.3 Å². The zero-order valence-corrected chi connectivity index (χ0v) is 11.5. The molecule has 0 aliphatic carbocycles. The topological polar surface area (TPSA) is 45.4 Å². The van der Waals surface area contributed by atoms with E-state index in [1.807, 2.05) is 12.4 Å². The first-order valence-electron chi connectivity index (χ1n) is 7.23. The Morgan fingerprint density at radius 2 is 1.68 bits per heavy atom. The molecule has 1 aromatic heterocycles. The quantitative estimate of drug-likeness (QED) is 0.787. The number of rotatable bonds is 1. The van der Waals surface area contributed by atoms with Crippen molar-refractivity contribution in [3.8, 4) is 0 Å². The Bertz CT molecular complexity index is 470. The van der Waals surface area contributed by atoms with Gasteiger partial charge in [0.25, 0.3) is 0 Å². The highest BCUT2D eigenvalue weighted by atomic mass is 15.3. The van der Waals surface area contributed by atoms with E-state index in [0.717, 1.165) is 26.2 Å². The highest BCUT2D eigenvalue weighted by molar-refractivity contribution is 5.33. The van der Waals surface area contributed by atoms with Crippen molar-refractivity contribution < 1.29 is 0 Å². The van der Waals surface area contributed by atoms with Gasteiger partial charge in [-0.1, -0.05) is 6.92 Å². The first-order valence-corrected chi connectivity index (χ1v) is 7.23. The van der Waals surface area contributed by atoms with Crippen LogP contribution < -0.4 is 5.73 Å². The molecule has 4 bridgehead atoms. The van der Waals surface area contributed by atoms with Crippen LogP contribution in [0.5, 0.6) is 0 Å².